The van der Waals surface area contributed by atoms with E-state index < -0.39 is 5.60 Å². The summed E-state index contributed by atoms with van der Waals surface area (Å²) < 4.78 is 0. The summed E-state index contributed by atoms with van der Waals surface area (Å²) in [5.41, 5.74) is 1.50. The standard InChI is InChI=1S/C19H28N2O2/c1-18(2)9-5-10-19(23,12-18)13-21-17(22)15-8-3-6-14-7-4-11-20-16(14)15/h4,7,11,15,23H,3,5-6,8-10,12-13H2,1-2H3,(H,21,22). The van der Waals surface area contributed by atoms with Crippen LogP contribution in [0.3, 0.4) is 0 Å². The van der Waals surface area contributed by atoms with Crippen LogP contribution < -0.4 is 5.32 Å². The Labute approximate surface area is 138 Å². The minimum atomic E-state index is -0.765. The average molecular weight is 316 g/mol. The molecule has 0 saturated heterocycles. The molecule has 1 fully saturated rings. The van der Waals surface area contributed by atoms with Gasteiger partial charge in [0.05, 0.1) is 17.2 Å². The fourth-order valence-electron chi connectivity index (χ4n) is 4.35. The van der Waals surface area contributed by atoms with E-state index in [0.29, 0.717) is 6.54 Å². The first kappa shape index (κ1) is 16.4. The van der Waals surface area contributed by atoms with E-state index in [4.69, 9.17) is 0 Å². The van der Waals surface area contributed by atoms with Crippen LogP contribution in [0.2, 0.25) is 0 Å². The molecule has 0 aliphatic heterocycles. The van der Waals surface area contributed by atoms with Gasteiger partial charge in [0.25, 0.3) is 0 Å². The van der Waals surface area contributed by atoms with Crippen molar-refractivity contribution in [3.8, 4) is 0 Å². The molecule has 1 saturated carbocycles. The van der Waals surface area contributed by atoms with Crippen LogP contribution in [-0.4, -0.2) is 28.1 Å². The van der Waals surface area contributed by atoms with Crippen LogP contribution in [-0.2, 0) is 11.2 Å². The predicted octanol–water partition coefficient (Wildman–Crippen LogP) is 2.95. The van der Waals surface area contributed by atoms with Crippen LogP contribution in [0.15, 0.2) is 18.3 Å². The number of carbonyl (C=O) groups excluding carboxylic acids is 1. The quantitative estimate of drug-likeness (QED) is 0.901. The normalized spacial score (nSPS) is 29.6. The number of nitrogens with one attached hydrogen (secondary N) is 1. The zero-order valence-electron chi connectivity index (χ0n) is 14.3. The number of amides is 1. The molecule has 0 radical (unpaired) electrons. The van der Waals surface area contributed by atoms with E-state index in [0.717, 1.165) is 50.6 Å². The summed E-state index contributed by atoms with van der Waals surface area (Å²) in [6.45, 7) is 4.74. The number of aryl methyl sites for hydroxylation is 1. The highest BCUT2D eigenvalue weighted by atomic mass is 16.3. The Kier molecular flexibility index (Phi) is 4.45. The Morgan fingerprint density at radius 1 is 1.39 bits per heavy atom. The molecule has 2 N–H and O–H groups in total. The Morgan fingerprint density at radius 3 is 3.00 bits per heavy atom. The maximum Gasteiger partial charge on any atom is 0.229 e. The second kappa shape index (κ2) is 6.23. The van der Waals surface area contributed by atoms with Gasteiger partial charge in [-0.3, -0.25) is 9.78 Å². The van der Waals surface area contributed by atoms with E-state index in [1.165, 1.54) is 5.56 Å². The number of aromatic nitrogens is 1. The molecule has 4 heteroatoms. The molecule has 0 bridgehead atoms. The fraction of sp³-hybridized carbons (Fsp3) is 0.684. The highest BCUT2D eigenvalue weighted by Crippen LogP contribution is 2.40. The smallest absolute Gasteiger partial charge is 0.229 e. The molecule has 23 heavy (non-hydrogen) atoms. The summed E-state index contributed by atoms with van der Waals surface area (Å²) in [6.07, 6.45) is 8.33. The molecular formula is C19H28N2O2. The van der Waals surface area contributed by atoms with Gasteiger partial charge in [0.2, 0.25) is 5.91 Å². The van der Waals surface area contributed by atoms with Gasteiger partial charge in [-0.2, -0.15) is 0 Å². The third kappa shape index (κ3) is 3.74. The lowest BCUT2D eigenvalue weighted by molar-refractivity contribution is -0.125. The zero-order valence-corrected chi connectivity index (χ0v) is 14.3. The lowest BCUT2D eigenvalue weighted by Crippen LogP contribution is -2.49. The summed E-state index contributed by atoms with van der Waals surface area (Å²) in [6, 6.07) is 4.00. The SMILES string of the molecule is CC1(C)CCCC(O)(CNC(=O)C2CCCc3cccnc32)C1. The maximum atomic E-state index is 12.6. The van der Waals surface area contributed by atoms with Crippen molar-refractivity contribution in [1.82, 2.24) is 10.3 Å². The number of carbonyl (C=O) groups is 1. The van der Waals surface area contributed by atoms with Crippen molar-refractivity contribution < 1.29 is 9.90 Å². The maximum absolute atomic E-state index is 12.6. The van der Waals surface area contributed by atoms with Crippen LogP contribution in [0.1, 0.15) is 69.5 Å². The Hall–Kier alpha value is -1.42. The van der Waals surface area contributed by atoms with Crippen LogP contribution in [0.5, 0.6) is 0 Å². The fourth-order valence-corrected chi connectivity index (χ4v) is 4.35. The van der Waals surface area contributed by atoms with Crippen molar-refractivity contribution in [2.75, 3.05) is 6.54 Å². The number of fused-ring (bicyclic) bond motifs is 1. The monoisotopic (exact) mass is 316 g/mol. The van der Waals surface area contributed by atoms with E-state index in [1.54, 1.807) is 6.20 Å². The number of nitrogens with zero attached hydrogens (tertiary/aromatic N) is 1. The van der Waals surface area contributed by atoms with E-state index in [1.807, 2.05) is 6.07 Å². The molecule has 1 heterocycles. The topological polar surface area (TPSA) is 62.2 Å². The summed E-state index contributed by atoms with van der Waals surface area (Å²) in [7, 11) is 0. The predicted molar refractivity (Wildman–Crippen MR) is 90.1 cm³/mol. The average Bonchev–Trinajstić information content (AvgIpc) is 2.51. The molecule has 1 aromatic rings. The highest BCUT2D eigenvalue weighted by molar-refractivity contribution is 5.83. The van der Waals surface area contributed by atoms with E-state index in [9.17, 15) is 9.90 Å². The van der Waals surface area contributed by atoms with Gasteiger partial charge in [0.1, 0.15) is 0 Å². The lowest BCUT2D eigenvalue weighted by Gasteiger charge is -2.41. The minimum absolute atomic E-state index is 0.0152. The van der Waals surface area contributed by atoms with Gasteiger partial charge >= 0.3 is 0 Å². The van der Waals surface area contributed by atoms with Crippen molar-refractivity contribution in [3.63, 3.8) is 0 Å². The molecule has 0 spiro atoms. The first-order valence-electron chi connectivity index (χ1n) is 8.83. The Bertz CT molecular complexity index is 584. The Morgan fingerprint density at radius 2 is 2.22 bits per heavy atom. The molecule has 2 aliphatic rings. The van der Waals surface area contributed by atoms with E-state index in [2.05, 4.69) is 30.2 Å². The highest BCUT2D eigenvalue weighted by Gasteiger charge is 2.39. The molecule has 126 valence electrons. The van der Waals surface area contributed by atoms with Crippen LogP contribution in [0.25, 0.3) is 0 Å². The van der Waals surface area contributed by atoms with Crippen LogP contribution in [0, 0.1) is 5.41 Å². The van der Waals surface area contributed by atoms with Crippen molar-refractivity contribution >= 4 is 5.91 Å². The van der Waals surface area contributed by atoms with Gasteiger partial charge in [0.15, 0.2) is 0 Å². The minimum Gasteiger partial charge on any atom is -0.388 e. The first-order chi connectivity index (χ1) is 10.9. The van der Waals surface area contributed by atoms with Crippen molar-refractivity contribution in [2.24, 2.45) is 5.41 Å². The van der Waals surface area contributed by atoms with Crippen molar-refractivity contribution in [1.29, 1.82) is 0 Å². The van der Waals surface area contributed by atoms with Crippen LogP contribution in [0.4, 0.5) is 0 Å². The summed E-state index contributed by atoms with van der Waals surface area (Å²) >= 11 is 0. The molecule has 0 aromatic carbocycles. The molecule has 2 unspecified atom stereocenters. The molecule has 2 atom stereocenters. The molecular weight excluding hydrogens is 288 g/mol. The molecule has 2 aliphatic carbocycles. The molecule has 3 rings (SSSR count). The van der Waals surface area contributed by atoms with Gasteiger partial charge in [-0.15, -0.1) is 0 Å². The Balaban J connectivity index is 1.64. The third-order valence-electron chi connectivity index (χ3n) is 5.41. The number of aliphatic hydroxyl groups is 1. The first-order valence-corrected chi connectivity index (χ1v) is 8.83. The van der Waals surface area contributed by atoms with E-state index >= 15 is 0 Å². The lowest BCUT2D eigenvalue weighted by atomic mass is 9.70. The van der Waals surface area contributed by atoms with Gasteiger partial charge in [-0.25, -0.2) is 0 Å². The second-order valence-corrected chi connectivity index (χ2v) is 8.13. The second-order valence-electron chi connectivity index (χ2n) is 8.13. The zero-order chi connectivity index (χ0) is 16.5. The van der Waals surface area contributed by atoms with Gasteiger partial charge in [-0.1, -0.05) is 19.9 Å². The van der Waals surface area contributed by atoms with Crippen molar-refractivity contribution in [2.45, 2.75) is 70.3 Å². The largest absolute Gasteiger partial charge is 0.388 e. The summed E-state index contributed by atoms with van der Waals surface area (Å²) in [5.74, 6) is -0.151. The summed E-state index contributed by atoms with van der Waals surface area (Å²) in [5, 5.41) is 13.8. The molecule has 4 nitrogen and oxygen atoms in total. The summed E-state index contributed by atoms with van der Waals surface area (Å²) in [4.78, 5) is 17.1. The number of pyridine rings is 1. The third-order valence-corrected chi connectivity index (χ3v) is 5.41. The van der Waals surface area contributed by atoms with E-state index in [-0.39, 0.29) is 17.2 Å². The van der Waals surface area contributed by atoms with Crippen LogP contribution >= 0.6 is 0 Å². The number of rotatable bonds is 3. The van der Waals surface area contributed by atoms with Gasteiger partial charge in [-0.05, 0) is 62.0 Å². The van der Waals surface area contributed by atoms with Gasteiger partial charge < -0.3 is 10.4 Å². The molecule has 1 aromatic heterocycles. The van der Waals surface area contributed by atoms with Gasteiger partial charge in [0, 0.05) is 12.7 Å². The number of hydrogen-bond acceptors (Lipinski definition) is 3. The molecule has 1 amide bonds. The van der Waals surface area contributed by atoms with Crippen molar-refractivity contribution in [3.05, 3.63) is 29.6 Å². The number of hydrogen-bond donors (Lipinski definition) is 2.